The number of fused-ring (bicyclic) bond motifs is 2. The minimum atomic E-state index is -4.48. The van der Waals surface area contributed by atoms with Gasteiger partial charge in [-0.2, -0.15) is 0 Å². The van der Waals surface area contributed by atoms with Crippen molar-refractivity contribution < 1.29 is 25.9 Å². The molecule has 0 bridgehead atoms. The van der Waals surface area contributed by atoms with Crippen molar-refractivity contribution >= 4 is 90.7 Å². The first kappa shape index (κ1) is 55.9. The van der Waals surface area contributed by atoms with Gasteiger partial charge in [-0.15, -0.1) is 0 Å². The minimum Gasteiger partial charge on any atom is -0.744 e. The Kier molecular flexibility index (Phi) is 29.0. The van der Waals surface area contributed by atoms with Crippen LogP contribution in [0.1, 0.15) is 204 Å². The molecular weight excluding hydrogens is 922 g/mol. The molecule has 61 heavy (non-hydrogen) atoms. The molecule has 0 spiro atoms. The summed E-state index contributed by atoms with van der Waals surface area (Å²) in [7, 11) is -8.96. The number of unbranched alkanes of at least 4 members (excludes halogenated alkanes) is 20. The van der Waals surface area contributed by atoms with Crippen LogP contribution >= 0.6 is 0 Å². The van der Waals surface area contributed by atoms with Crippen molar-refractivity contribution in [2.45, 2.75) is 217 Å². The first-order valence-corrected chi connectivity index (χ1v) is 26.8. The van der Waals surface area contributed by atoms with Crippen molar-refractivity contribution in [1.82, 2.24) is 0 Å². The van der Waals surface area contributed by atoms with Gasteiger partial charge in [0, 0.05) is 0 Å². The topological polar surface area (TPSA) is 114 Å². The zero-order chi connectivity index (χ0) is 43.6. The first-order chi connectivity index (χ1) is 29.0. The summed E-state index contributed by atoms with van der Waals surface area (Å²) in [5, 5.41) is 4.12. The summed E-state index contributed by atoms with van der Waals surface area (Å²) < 4.78 is 71.9. The van der Waals surface area contributed by atoms with Gasteiger partial charge in [-0.1, -0.05) is 205 Å². The molecule has 0 heterocycles. The second kappa shape index (κ2) is 31.6. The summed E-state index contributed by atoms with van der Waals surface area (Å²) in [5.74, 6) is 0. The summed E-state index contributed by atoms with van der Waals surface area (Å²) in [5.41, 5.74) is 3.88. The van der Waals surface area contributed by atoms with Crippen LogP contribution in [-0.4, -0.2) is 74.8 Å². The summed E-state index contributed by atoms with van der Waals surface area (Å²) in [4.78, 5) is -0.0297. The van der Waals surface area contributed by atoms with Crippen molar-refractivity contribution in [2.24, 2.45) is 0 Å². The molecule has 0 atom stereocenters. The van der Waals surface area contributed by atoms with Gasteiger partial charge >= 0.3 is 48.9 Å². The molecule has 0 aliphatic carbocycles. The van der Waals surface area contributed by atoms with Crippen LogP contribution in [0.4, 0.5) is 0 Å². The van der Waals surface area contributed by atoms with Crippen molar-refractivity contribution in [3.63, 3.8) is 0 Å². The molecule has 9 heteroatoms. The molecule has 4 aromatic carbocycles. The van der Waals surface area contributed by atoms with E-state index >= 15 is 0 Å². The minimum absolute atomic E-state index is 0. The first-order valence-electron chi connectivity index (χ1n) is 24.0. The largest absolute Gasteiger partial charge is 2.00 e. The summed E-state index contributed by atoms with van der Waals surface area (Å²) in [6.07, 6.45) is 31.7. The third-order valence-electron chi connectivity index (χ3n) is 12.1. The fourth-order valence-corrected chi connectivity index (χ4v) is 10.3. The molecule has 4 aromatic rings. The third-order valence-corrected chi connectivity index (χ3v) is 13.9. The van der Waals surface area contributed by atoms with Crippen LogP contribution in [-0.2, 0) is 45.9 Å². The van der Waals surface area contributed by atoms with E-state index in [1.807, 2.05) is 12.1 Å². The van der Waals surface area contributed by atoms with E-state index in [0.29, 0.717) is 12.8 Å². The standard InChI is InChI=1S/2C26H40O3S.Ba/c2*1-3-5-7-9-11-13-16-22-17-15-18-23-20-21-25(30(27,28)29)24(26(22)23)19-14-12-10-8-6-4-2;/h2*15,17-18,20-21H,3-14,16,19H2,1-2H3,(H,27,28,29);/q;;+2/p-2. The van der Waals surface area contributed by atoms with E-state index in [1.165, 1.54) is 139 Å². The third kappa shape index (κ3) is 20.2. The Morgan fingerprint density at radius 2 is 0.639 bits per heavy atom. The van der Waals surface area contributed by atoms with Gasteiger partial charge in [0.2, 0.25) is 0 Å². The van der Waals surface area contributed by atoms with Crippen molar-refractivity contribution in [2.75, 3.05) is 0 Å². The number of hydrogen-bond acceptors (Lipinski definition) is 6. The van der Waals surface area contributed by atoms with Crippen LogP contribution in [0.25, 0.3) is 21.5 Å². The molecule has 0 aliphatic rings. The maximum atomic E-state index is 12.0. The van der Waals surface area contributed by atoms with Crippen LogP contribution in [0, 0.1) is 0 Å². The average molecular weight is 1000 g/mol. The molecule has 336 valence electrons. The van der Waals surface area contributed by atoms with E-state index in [2.05, 4.69) is 52.0 Å². The van der Waals surface area contributed by atoms with Crippen molar-refractivity contribution in [3.05, 3.63) is 82.9 Å². The maximum absolute atomic E-state index is 12.0. The molecule has 0 N–H and O–H groups in total. The molecule has 0 aliphatic heterocycles. The molecule has 0 aromatic heterocycles. The van der Waals surface area contributed by atoms with E-state index in [9.17, 15) is 25.9 Å². The fourth-order valence-electron chi connectivity index (χ4n) is 8.77. The molecule has 4 rings (SSSR count). The zero-order valence-electron chi connectivity index (χ0n) is 38.5. The molecule has 0 fully saturated rings. The Hall–Kier alpha value is -1.21. The Labute approximate surface area is 412 Å². The van der Waals surface area contributed by atoms with Gasteiger partial charge in [-0.3, -0.25) is 0 Å². The second-order valence-corrected chi connectivity index (χ2v) is 19.8. The van der Waals surface area contributed by atoms with Crippen LogP contribution in [0.5, 0.6) is 0 Å². The number of rotatable bonds is 30. The van der Waals surface area contributed by atoms with E-state index in [-0.39, 0.29) is 58.7 Å². The van der Waals surface area contributed by atoms with E-state index in [4.69, 9.17) is 0 Å². The maximum Gasteiger partial charge on any atom is 2.00 e. The van der Waals surface area contributed by atoms with E-state index < -0.39 is 20.2 Å². The predicted octanol–water partition coefficient (Wildman–Crippen LogP) is 14.7. The summed E-state index contributed by atoms with van der Waals surface area (Å²) in [6.45, 7) is 8.85. The monoisotopic (exact) mass is 1000 g/mol. The predicted molar refractivity (Wildman–Crippen MR) is 258 cm³/mol. The van der Waals surface area contributed by atoms with Gasteiger partial charge in [-0.25, -0.2) is 16.8 Å². The smallest absolute Gasteiger partial charge is 0.744 e. The van der Waals surface area contributed by atoms with Gasteiger partial charge in [0.15, 0.2) is 0 Å². The molecule has 0 radical (unpaired) electrons. The van der Waals surface area contributed by atoms with Gasteiger partial charge in [0.1, 0.15) is 20.2 Å². The summed E-state index contributed by atoms with van der Waals surface area (Å²) in [6, 6.07) is 19.0. The Morgan fingerprint density at radius 1 is 0.361 bits per heavy atom. The van der Waals surface area contributed by atoms with Crippen LogP contribution in [0.15, 0.2) is 70.5 Å². The van der Waals surface area contributed by atoms with Gasteiger partial charge in [-0.05, 0) is 107 Å². The number of aryl methyl sites for hydroxylation is 4. The van der Waals surface area contributed by atoms with Crippen molar-refractivity contribution in [1.29, 1.82) is 0 Å². The fraction of sp³-hybridized carbons (Fsp3) is 0.615. The average Bonchev–Trinajstić information content (AvgIpc) is 3.22. The molecule has 0 unspecified atom stereocenters. The van der Waals surface area contributed by atoms with Gasteiger partial charge in [0.25, 0.3) is 0 Å². The van der Waals surface area contributed by atoms with Gasteiger partial charge in [0.05, 0.1) is 9.79 Å². The molecule has 6 nitrogen and oxygen atoms in total. The number of benzene rings is 4. The van der Waals surface area contributed by atoms with Crippen LogP contribution in [0.2, 0.25) is 0 Å². The molecule has 0 saturated heterocycles. The van der Waals surface area contributed by atoms with Crippen LogP contribution in [0.3, 0.4) is 0 Å². The molecule has 0 saturated carbocycles. The summed E-state index contributed by atoms with van der Waals surface area (Å²) >= 11 is 0. The molecular formula is C52H78BaO6S2. The van der Waals surface area contributed by atoms with Gasteiger partial charge < -0.3 is 9.11 Å². The Balaban J connectivity index is 0.000000413. The SMILES string of the molecule is CCCCCCCCc1cccc2ccc(S(=O)(=O)[O-])c(CCCCCCCC)c12.CCCCCCCCc1cccc2ccc(S(=O)(=O)[O-])c(CCCCCCCC)c12.[Ba+2]. The van der Waals surface area contributed by atoms with E-state index in [1.54, 1.807) is 12.1 Å². The second-order valence-electron chi connectivity index (χ2n) is 17.1. The van der Waals surface area contributed by atoms with Crippen LogP contribution < -0.4 is 0 Å². The quantitative estimate of drug-likeness (QED) is 0.0292. The van der Waals surface area contributed by atoms with E-state index in [0.717, 1.165) is 84.0 Å². The Bertz CT molecular complexity index is 1900. The normalized spacial score (nSPS) is 11.8. The Morgan fingerprint density at radius 3 is 0.934 bits per heavy atom. The number of hydrogen-bond donors (Lipinski definition) is 0. The zero-order valence-corrected chi connectivity index (χ0v) is 44.6. The van der Waals surface area contributed by atoms with Crippen molar-refractivity contribution in [3.8, 4) is 0 Å². The molecule has 0 amide bonds.